The molecule has 1 aliphatic rings. The molecule has 0 unspecified atom stereocenters. The molecule has 2 N–H and O–H groups in total. The average Bonchev–Trinajstić information content (AvgIpc) is 2.95. The lowest BCUT2D eigenvalue weighted by molar-refractivity contribution is 0.351. The molecule has 0 bridgehead atoms. The maximum absolute atomic E-state index is 6.11. The van der Waals surface area contributed by atoms with E-state index < -0.39 is 0 Å². The van der Waals surface area contributed by atoms with Crippen molar-refractivity contribution in [3.8, 4) is 11.5 Å². The van der Waals surface area contributed by atoms with Gasteiger partial charge in [-0.15, -0.1) is 0 Å². The van der Waals surface area contributed by atoms with Gasteiger partial charge < -0.3 is 15.2 Å². The van der Waals surface area contributed by atoms with Gasteiger partial charge in [-0.2, -0.15) is 0 Å². The standard InChI is InChI=1S/C16H25NO2/c1-4-12-9-14(18-2)15(19-3)10-13(12)16(11-17)7-5-6-8-16/h9-10H,4-8,11,17H2,1-3H3. The minimum Gasteiger partial charge on any atom is -0.493 e. The minimum atomic E-state index is 0.144. The van der Waals surface area contributed by atoms with E-state index in [4.69, 9.17) is 15.2 Å². The summed E-state index contributed by atoms with van der Waals surface area (Å²) in [5, 5.41) is 0. The van der Waals surface area contributed by atoms with Crippen LogP contribution in [0.25, 0.3) is 0 Å². The van der Waals surface area contributed by atoms with E-state index in [1.54, 1.807) is 14.2 Å². The third kappa shape index (κ3) is 2.44. The van der Waals surface area contributed by atoms with Gasteiger partial charge in [-0.3, -0.25) is 0 Å². The second kappa shape index (κ2) is 5.83. The van der Waals surface area contributed by atoms with Crippen LogP contribution in [0, 0.1) is 0 Å². The van der Waals surface area contributed by atoms with Crippen LogP contribution in [0.2, 0.25) is 0 Å². The maximum atomic E-state index is 6.11. The smallest absolute Gasteiger partial charge is 0.161 e. The molecule has 1 saturated carbocycles. The SMILES string of the molecule is CCc1cc(OC)c(OC)cc1C1(CN)CCCC1. The number of ether oxygens (including phenoxy) is 2. The van der Waals surface area contributed by atoms with E-state index >= 15 is 0 Å². The van der Waals surface area contributed by atoms with Crippen molar-refractivity contribution in [3.05, 3.63) is 23.3 Å². The van der Waals surface area contributed by atoms with Crippen LogP contribution in [0.15, 0.2) is 12.1 Å². The largest absolute Gasteiger partial charge is 0.493 e. The summed E-state index contributed by atoms with van der Waals surface area (Å²) in [6.45, 7) is 2.90. The van der Waals surface area contributed by atoms with Gasteiger partial charge in [0.2, 0.25) is 0 Å². The summed E-state index contributed by atoms with van der Waals surface area (Å²) in [5.74, 6) is 1.63. The van der Waals surface area contributed by atoms with Crippen LogP contribution in [-0.4, -0.2) is 20.8 Å². The molecule has 0 atom stereocenters. The number of rotatable bonds is 5. The molecule has 3 heteroatoms. The molecule has 1 aromatic rings. The zero-order chi connectivity index (χ0) is 13.9. The fourth-order valence-corrected chi connectivity index (χ4v) is 3.34. The van der Waals surface area contributed by atoms with Crippen molar-refractivity contribution >= 4 is 0 Å². The lowest BCUT2D eigenvalue weighted by atomic mass is 9.76. The Morgan fingerprint density at radius 3 is 2.16 bits per heavy atom. The molecule has 1 aliphatic carbocycles. The van der Waals surface area contributed by atoms with Crippen LogP contribution in [0.4, 0.5) is 0 Å². The first-order valence-corrected chi connectivity index (χ1v) is 7.16. The Hall–Kier alpha value is -1.22. The van der Waals surface area contributed by atoms with Crippen LogP contribution >= 0.6 is 0 Å². The monoisotopic (exact) mass is 263 g/mol. The molecule has 0 heterocycles. The number of benzene rings is 1. The summed E-state index contributed by atoms with van der Waals surface area (Å²) in [5.41, 5.74) is 8.96. The van der Waals surface area contributed by atoms with Crippen LogP contribution in [0.1, 0.15) is 43.7 Å². The number of aryl methyl sites for hydroxylation is 1. The molecule has 1 aromatic carbocycles. The van der Waals surface area contributed by atoms with Crippen molar-refractivity contribution < 1.29 is 9.47 Å². The maximum Gasteiger partial charge on any atom is 0.161 e. The van der Waals surface area contributed by atoms with Gasteiger partial charge in [0.1, 0.15) is 0 Å². The summed E-state index contributed by atoms with van der Waals surface area (Å²) >= 11 is 0. The van der Waals surface area contributed by atoms with Gasteiger partial charge in [-0.25, -0.2) is 0 Å². The Balaban J connectivity index is 2.54. The molecule has 2 rings (SSSR count). The van der Waals surface area contributed by atoms with E-state index in [1.807, 2.05) is 0 Å². The highest BCUT2D eigenvalue weighted by molar-refractivity contribution is 5.50. The Kier molecular flexibility index (Phi) is 4.35. The van der Waals surface area contributed by atoms with Gasteiger partial charge in [-0.1, -0.05) is 19.8 Å². The molecule has 1 fully saturated rings. The zero-order valence-corrected chi connectivity index (χ0v) is 12.3. The fraction of sp³-hybridized carbons (Fsp3) is 0.625. The van der Waals surface area contributed by atoms with Crippen LogP contribution in [0.5, 0.6) is 11.5 Å². The van der Waals surface area contributed by atoms with E-state index in [9.17, 15) is 0 Å². The Morgan fingerprint density at radius 1 is 1.11 bits per heavy atom. The molecular formula is C16H25NO2. The Morgan fingerprint density at radius 2 is 1.68 bits per heavy atom. The van der Waals surface area contributed by atoms with Crippen molar-refractivity contribution in [1.82, 2.24) is 0 Å². The number of hydrogen-bond acceptors (Lipinski definition) is 3. The molecule has 0 amide bonds. The van der Waals surface area contributed by atoms with Gasteiger partial charge in [0.25, 0.3) is 0 Å². The normalized spacial score (nSPS) is 17.5. The second-order valence-electron chi connectivity index (χ2n) is 5.41. The lowest BCUT2D eigenvalue weighted by Crippen LogP contribution is -2.33. The first-order chi connectivity index (χ1) is 9.20. The van der Waals surface area contributed by atoms with Crippen molar-refractivity contribution in [2.24, 2.45) is 5.73 Å². The van der Waals surface area contributed by atoms with Gasteiger partial charge in [0, 0.05) is 12.0 Å². The van der Waals surface area contributed by atoms with E-state index in [0.29, 0.717) is 0 Å². The Bertz CT molecular complexity index is 437. The highest BCUT2D eigenvalue weighted by Crippen LogP contribution is 2.45. The summed E-state index contributed by atoms with van der Waals surface area (Å²) in [6.07, 6.45) is 5.92. The summed E-state index contributed by atoms with van der Waals surface area (Å²) in [6, 6.07) is 4.26. The van der Waals surface area contributed by atoms with Crippen LogP contribution in [-0.2, 0) is 11.8 Å². The topological polar surface area (TPSA) is 44.5 Å². The quantitative estimate of drug-likeness (QED) is 0.888. The number of nitrogens with two attached hydrogens (primary N) is 1. The highest BCUT2D eigenvalue weighted by Gasteiger charge is 2.36. The zero-order valence-electron chi connectivity index (χ0n) is 12.3. The second-order valence-corrected chi connectivity index (χ2v) is 5.41. The highest BCUT2D eigenvalue weighted by atomic mass is 16.5. The van der Waals surface area contributed by atoms with Gasteiger partial charge >= 0.3 is 0 Å². The molecule has 0 radical (unpaired) electrons. The first-order valence-electron chi connectivity index (χ1n) is 7.16. The van der Waals surface area contributed by atoms with Crippen LogP contribution in [0.3, 0.4) is 0 Å². The number of hydrogen-bond donors (Lipinski definition) is 1. The molecular weight excluding hydrogens is 238 g/mol. The van der Waals surface area contributed by atoms with Crippen molar-refractivity contribution in [2.45, 2.75) is 44.4 Å². The van der Waals surface area contributed by atoms with Crippen molar-refractivity contribution in [3.63, 3.8) is 0 Å². The molecule has 3 nitrogen and oxygen atoms in total. The minimum absolute atomic E-state index is 0.144. The summed E-state index contributed by atoms with van der Waals surface area (Å²) in [7, 11) is 3.38. The molecule has 106 valence electrons. The molecule has 0 spiro atoms. The van der Waals surface area contributed by atoms with E-state index in [2.05, 4.69) is 19.1 Å². The third-order valence-corrected chi connectivity index (χ3v) is 4.51. The van der Waals surface area contributed by atoms with Crippen LogP contribution < -0.4 is 15.2 Å². The molecule has 19 heavy (non-hydrogen) atoms. The molecule has 0 saturated heterocycles. The van der Waals surface area contributed by atoms with E-state index in [-0.39, 0.29) is 5.41 Å². The molecule has 0 aromatic heterocycles. The first kappa shape index (κ1) is 14.2. The average molecular weight is 263 g/mol. The summed E-state index contributed by atoms with van der Waals surface area (Å²) < 4.78 is 10.9. The number of methoxy groups -OCH3 is 2. The predicted octanol–water partition coefficient (Wildman–Crippen LogP) is 3.04. The van der Waals surface area contributed by atoms with Crippen molar-refractivity contribution in [1.29, 1.82) is 0 Å². The lowest BCUT2D eigenvalue weighted by Gasteiger charge is -2.31. The van der Waals surface area contributed by atoms with Gasteiger partial charge in [-0.05, 0) is 42.5 Å². The molecule has 0 aliphatic heterocycles. The van der Waals surface area contributed by atoms with Gasteiger partial charge in [0.15, 0.2) is 11.5 Å². The van der Waals surface area contributed by atoms with Gasteiger partial charge in [0.05, 0.1) is 14.2 Å². The van der Waals surface area contributed by atoms with E-state index in [0.717, 1.165) is 24.5 Å². The predicted molar refractivity (Wildman–Crippen MR) is 78.1 cm³/mol. The third-order valence-electron chi connectivity index (χ3n) is 4.51. The van der Waals surface area contributed by atoms with Crippen molar-refractivity contribution in [2.75, 3.05) is 20.8 Å². The Labute approximate surface area is 116 Å². The van der Waals surface area contributed by atoms with E-state index in [1.165, 1.54) is 36.8 Å². The summed E-state index contributed by atoms with van der Waals surface area (Å²) in [4.78, 5) is 0. The fourth-order valence-electron chi connectivity index (χ4n) is 3.34.